The van der Waals surface area contributed by atoms with E-state index in [4.69, 9.17) is 9.47 Å². The summed E-state index contributed by atoms with van der Waals surface area (Å²) in [7, 11) is 3.72. The topological polar surface area (TPSA) is 41.9 Å². The molecule has 0 radical (unpaired) electrons. The highest BCUT2D eigenvalue weighted by Gasteiger charge is 2.21. The molecule has 0 saturated carbocycles. The van der Waals surface area contributed by atoms with Crippen LogP contribution in [-0.2, 0) is 9.47 Å². The molecular weight excluding hydrogens is 254 g/mol. The Morgan fingerprint density at radius 2 is 2.20 bits per heavy atom. The van der Waals surface area contributed by atoms with E-state index in [0.717, 1.165) is 31.7 Å². The Kier molecular flexibility index (Phi) is 8.07. The van der Waals surface area contributed by atoms with Gasteiger partial charge in [-0.05, 0) is 20.4 Å². The molecule has 116 valence electrons. The SMILES string of the molecule is CO[C@H]1/C=C/CN(C)CCCOC/C(C)=C\C(C)[C@@H]1O. The van der Waals surface area contributed by atoms with E-state index >= 15 is 0 Å². The van der Waals surface area contributed by atoms with Crippen molar-refractivity contribution < 1.29 is 14.6 Å². The van der Waals surface area contributed by atoms with Crippen LogP contribution < -0.4 is 0 Å². The molecule has 0 aromatic heterocycles. The Morgan fingerprint density at radius 1 is 1.45 bits per heavy atom. The normalized spacial score (nSPS) is 35.9. The average Bonchev–Trinajstić information content (AvgIpc) is 2.41. The summed E-state index contributed by atoms with van der Waals surface area (Å²) in [5, 5.41) is 10.4. The first-order chi connectivity index (χ1) is 9.54. The highest BCUT2D eigenvalue weighted by Crippen LogP contribution is 2.15. The summed E-state index contributed by atoms with van der Waals surface area (Å²) in [5.74, 6) is 0.0360. The second-order valence-electron chi connectivity index (χ2n) is 5.66. The smallest absolute Gasteiger partial charge is 0.102 e. The van der Waals surface area contributed by atoms with Gasteiger partial charge in [0.1, 0.15) is 6.10 Å². The van der Waals surface area contributed by atoms with E-state index in [9.17, 15) is 5.11 Å². The molecule has 0 aromatic carbocycles. The van der Waals surface area contributed by atoms with Crippen LogP contribution >= 0.6 is 0 Å². The molecule has 3 atom stereocenters. The Balaban J connectivity index is 2.77. The standard InChI is InChI=1S/C16H29NO3/c1-13-11-14(2)16(18)15(19-4)7-5-8-17(3)9-6-10-20-12-13/h5,7,11,14-16,18H,6,8-10,12H2,1-4H3/b7-5+,13-11-/t14?,15-,16-/m0/s1. The van der Waals surface area contributed by atoms with Crippen molar-refractivity contribution in [3.05, 3.63) is 23.8 Å². The highest BCUT2D eigenvalue weighted by molar-refractivity contribution is 5.06. The summed E-state index contributed by atoms with van der Waals surface area (Å²) in [5.41, 5.74) is 1.15. The minimum atomic E-state index is -0.542. The van der Waals surface area contributed by atoms with E-state index in [2.05, 4.69) is 24.1 Å². The number of nitrogens with zero attached hydrogens (tertiary/aromatic N) is 1. The van der Waals surface area contributed by atoms with Crippen LogP contribution in [0.4, 0.5) is 0 Å². The number of rotatable bonds is 1. The van der Waals surface area contributed by atoms with Crippen LogP contribution in [0.3, 0.4) is 0 Å². The molecule has 1 N–H and O–H groups in total. The van der Waals surface area contributed by atoms with E-state index in [0.29, 0.717) is 6.61 Å². The number of ether oxygens (including phenoxy) is 2. The minimum Gasteiger partial charge on any atom is -0.389 e. The maximum Gasteiger partial charge on any atom is 0.102 e. The van der Waals surface area contributed by atoms with E-state index < -0.39 is 6.10 Å². The lowest BCUT2D eigenvalue weighted by molar-refractivity contribution is -0.00213. The third kappa shape index (κ3) is 6.18. The van der Waals surface area contributed by atoms with Gasteiger partial charge in [0.05, 0.1) is 12.7 Å². The van der Waals surface area contributed by atoms with Crippen molar-refractivity contribution in [2.24, 2.45) is 5.92 Å². The number of hydrogen-bond donors (Lipinski definition) is 1. The number of aliphatic hydroxyl groups excluding tert-OH is 1. The van der Waals surface area contributed by atoms with E-state index in [1.165, 1.54) is 0 Å². The van der Waals surface area contributed by atoms with Crippen molar-refractivity contribution in [2.45, 2.75) is 32.5 Å². The van der Waals surface area contributed by atoms with Crippen LogP contribution in [0.15, 0.2) is 23.8 Å². The van der Waals surface area contributed by atoms with Gasteiger partial charge >= 0.3 is 0 Å². The third-order valence-electron chi connectivity index (χ3n) is 3.60. The number of likely N-dealkylation sites (N-methyl/N-ethyl adjacent to an activating group) is 1. The van der Waals surface area contributed by atoms with Crippen molar-refractivity contribution in [1.29, 1.82) is 0 Å². The minimum absolute atomic E-state index is 0.0360. The Morgan fingerprint density at radius 3 is 2.90 bits per heavy atom. The van der Waals surface area contributed by atoms with Gasteiger partial charge in [-0.1, -0.05) is 30.7 Å². The molecule has 1 rings (SSSR count). The zero-order chi connectivity index (χ0) is 15.0. The van der Waals surface area contributed by atoms with E-state index in [1.807, 2.05) is 19.9 Å². The van der Waals surface area contributed by atoms with Gasteiger partial charge < -0.3 is 19.5 Å². The van der Waals surface area contributed by atoms with Crippen molar-refractivity contribution in [1.82, 2.24) is 4.90 Å². The van der Waals surface area contributed by atoms with Gasteiger partial charge in [-0.2, -0.15) is 0 Å². The van der Waals surface area contributed by atoms with Crippen LogP contribution in [-0.4, -0.2) is 62.7 Å². The molecule has 0 bridgehead atoms. The number of hydrogen-bond acceptors (Lipinski definition) is 4. The number of aliphatic hydroxyl groups is 1. The van der Waals surface area contributed by atoms with Gasteiger partial charge in [-0.15, -0.1) is 0 Å². The van der Waals surface area contributed by atoms with E-state index in [-0.39, 0.29) is 12.0 Å². The molecule has 1 aliphatic rings. The summed E-state index contributed by atoms with van der Waals surface area (Å²) >= 11 is 0. The monoisotopic (exact) mass is 283 g/mol. The van der Waals surface area contributed by atoms with Crippen molar-refractivity contribution in [2.75, 3.05) is 40.5 Å². The molecule has 0 spiro atoms. The molecule has 4 nitrogen and oxygen atoms in total. The molecule has 0 amide bonds. The fraction of sp³-hybridized carbons (Fsp3) is 0.750. The molecule has 0 aromatic rings. The molecule has 1 heterocycles. The number of methoxy groups -OCH3 is 1. The largest absolute Gasteiger partial charge is 0.389 e. The van der Waals surface area contributed by atoms with Crippen molar-refractivity contribution >= 4 is 0 Å². The summed E-state index contributed by atoms with van der Waals surface area (Å²) in [6.07, 6.45) is 6.31. The van der Waals surface area contributed by atoms with Crippen molar-refractivity contribution in [3.63, 3.8) is 0 Å². The first kappa shape index (κ1) is 17.4. The van der Waals surface area contributed by atoms with Crippen LogP contribution in [0.25, 0.3) is 0 Å². The molecule has 0 saturated heterocycles. The van der Waals surface area contributed by atoms with E-state index in [1.54, 1.807) is 7.11 Å². The van der Waals surface area contributed by atoms with Crippen molar-refractivity contribution in [3.8, 4) is 0 Å². The Hall–Kier alpha value is -0.680. The second-order valence-corrected chi connectivity index (χ2v) is 5.66. The fourth-order valence-electron chi connectivity index (χ4n) is 2.36. The zero-order valence-corrected chi connectivity index (χ0v) is 13.2. The molecule has 4 heteroatoms. The fourth-order valence-corrected chi connectivity index (χ4v) is 2.36. The summed E-state index contributed by atoms with van der Waals surface area (Å²) in [4.78, 5) is 2.23. The van der Waals surface area contributed by atoms with Crippen LogP contribution in [0.1, 0.15) is 20.3 Å². The molecule has 20 heavy (non-hydrogen) atoms. The zero-order valence-electron chi connectivity index (χ0n) is 13.2. The lowest BCUT2D eigenvalue weighted by atomic mass is 9.97. The summed E-state index contributed by atoms with van der Waals surface area (Å²) in [6.45, 7) is 7.32. The van der Waals surface area contributed by atoms with Gasteiger partial charge in [0.15, 0.2) is 0 Å². The summed E-state index contributed by atoms with van der Waals surface area (Å²) in [6, 6.07) is 0. The van der Waals surface area contributed by atoms with Gasteiger partial charge in [-0.3, -0.25) is 0 Å². The lowest BCUT2D eigenvalue weighted by Crippen LogP contribution is -2.32. The maximum atomic E-state index is 10.4. The summed E-state index contributed by atoms with van der Waals surface area (Å²) < 4.78 is 11.0. The van der Waals surface area contributed by atoms with Gasteiger partial charge in [0.2, 0.25) is 0 Å². The van der Waals surface area contributed by atoms with Gasteiger partial charge in [0, 0.05) is 32.7 Å². The Bertz CT molecular complexity index is 328. The average molecular weight is 283 g/mol. The quantitative estimate of drug-likeness (QED) is 0.746. The lowest BCUT2D eigenvalue weighted by Gasteiger charge is -2.24. The third-order valence-corrected chi connectivity index (χ3v) is 3.60. The predicted molar refractivity (Wildman–Crippen MR) is 81.8 cm³/mol. The first-order valence-corrected chi connectivity index (χ1v) is 7.35. The molecule has 0 aliphatic carbocycles. The van der Waals surface area contributed by atoms with Crippen LogP contribution in [0, 0.1) is 5.92 Å². The molecule has 1 unspecified atom stereocenters. The second kappa shape index (κ2) is 9.29. The Labute approximate surface area is 123 Å². The van der Waals surface area contributed by atoms with Gasteiger partial charge in [0.25, 0.3) is 0 Å². The molecular formula is C16H29NO3. The van der Waals surface area contributed by atoms with Crippen LogP contribution in [0.5, 0.6) is 0 Å². The first-order valence-electron chi connectivity index (χ1n) is 7.35. The molecule has 0 fully saturated rings. The van der Waals surface area contributed by atoms with Crippen LogP contribution in [0.2, 0.25) is 0 Å². The van der Waals surface area contributed by atoms with Gasteiger partial charge in [-0.25, -0.2) is 0 Å². The predicted octanol–water partition coefficient (Wildman–Crippen LogP) is 1.85. The maximum absolute atomic E-state index is 10.4. The molecule has 1 aliphatic heterocycles. The highest BCUT2D eigenvalue weighted by atomic mass is 16.5.